The first-order valence-corrected chi connectivity index (χ1v) is 14.3. The van der Waals surface area contributed by atoms with E-state index < -0.39 is 59.4 Å². The molecule has 10 nitrogen and oxygen atoms in total. The minimum atomic E-state index is -1.81. The molecule has 6 atom stereocenters. The van der Waals surface area contributed by atoms with Crippen molar-refractivity contribution in [2.45, 2.75) is 60.7 Å². The van der Waals surface area contributed by atoms with Gasteiger partial charge in [0.2, 0.25) is 3.79 Å². The maximum Gasteiger partial charge on any atom is 0.407 e. The molecule has 0 radical (unpaired) electrons. The highest BCUT2D eigenvalue weighted by Gasteiger charge is 2.52. The van der Waals surface area contributed by atoms with Crippen molar-refractivity contribution < 1.29 is 42.7 Å². The zero-order valence-corrected chi connectivity index (χ0v) is 24.6. The Bertz CT molecular complexity index is 1110. The van der Waals surface area contributed by atoms with Crippen molar-refractivity contribution in [3.05, 3.63) is 71.8 Å². The van der Waals surface area contributed by atoms with E-state index in [9.17, 15) is 9.59 Å². The summed E-state index contributed by atoms with van der Waals surface area (Å²) in [5.74, 6) is -0.422. The molecule has 1 amide bonds. The lowest BCUT2D eigenvalue weighted by molar-refractivity contribution is -0.349. The van der Waals surface area contributed by atoms with Crippen LogP contribution in [0.4, 0.5) is 4.79 Å². The summed E-state index contributed by atoms with van der Waals surface area (Å²) < 4.78 is 39.2. The van der Waals surface area contributed by atoms with Gasteiger partial charge in [-0.3, -0.25) is 4.79 Å². The summed E-state index contributed by atoms with van der Waals surface area (Å²) in [6.45, 7) is 1.80. The van der Waals surface area contributed by atoms with E-state index in [2.05, 4.69) is 5.32 Å². The van der Waals surface area contributed by atoms with Crippen molar-refractivity contribution in [3.8, 4) is 0 Å². The van der Waals surface area contributed by atoms with Crippen LogP contribution < -0.4 is 5.32 Å². The lowest BCUT2D eigenvalue weighted by Crippen LogP contribution is -2.67. The highest BCUT2D eigenvalue weighted by atomic mass is 35.6. The Morgan fingerprint density at radius 1 is 0.976 bits per heavy atom. The Morgan fingerprint density at radius 2 is 1.68 bits per heavy atom. The molecular formula is C28H32Cl3NO9. The predicted molar refractivity (Wildman–Crippen MR) is 149 cm³/mol. The Balaban J connectivity index is 1.57. The Kier molecular flexibility index (Phi) is 11.9. The highest BCUT2D eigenvalue weighted by molar-refractivity contribution is 6.67. The second kappa shape index (κ2) is 15.4. The van der Waals surface area contributed by atoms with Crippen LogP contribution in [0.1, 0.15) is 30.8 Å². The summed E-state index contributed by atoms with van der Waals surface area (Å²) in [7, 11) is 0. The van der Waals surface area contributed by atoms with Crippen molar-refractivity contribution in [1.29, 1.82) is 0 Å². The van der Waals surface area contributed by atoms with Gasteiger partial charge in [-0.15, -0.1) is 0 Å². The van der Waals surface area contributed by atoms with E-state index >= 15 is 0 Å². The summed E-state index contributed by atoms with van der Waals surface area (Å²) in [6.07, 6.45) is -4.80. The number of fused-ring (bicyclic) bond motifs is 1. The SMILES string of the molecule is CCOC(=O)CCO[C@@H]1[C@@H](NC(=O)OCC(Cl)(Cl)Cl)[C@@H](OCc2ccccc2)O[C@@H]2CO[C@@H](c3ccccc3)O[C@@H]12. The lowest BCUT2D eigenvalue weighted by atomic mass is 9.95. The third kappa shape index (κ3) is 9.69. The molecule has 0 unspecified atom stereocenters. The number of ether oxygens (including phenoxy) is 7. The average molecular weight is 633 g/mol. The number of rotatable bonds is 11. The van der Waals surface area contributed by atoms with E-state index in [0.717, 1.165) is 11.1 Å². The minimum Gasteiger partial charge on any atom is -0.466 e. The van der Waals surface area contributed by atoms with E-state index in [1.165, 1.54) is 0 Å². The molecule has 2 aliphatic rings. The predicted octanol–water partition coefficient (Wildman–Crippen LogP) is 4.85. The molecule has 0 aromatic heterocycles. The second-order valence-electron chi connectivity index (χ2n) is 9.27. The molecule has 41 heavy (non-hydrogen) atoms. The first-order chi connectivity index (χ1) is 19.7. The van der Waals surface area contributed by atoms with Gasteiger partial charge in [0.15, 0.2) is 12.6 Å². The maximum absolute atomic E-state index is 12.8. The molecule has 2 aliphatic heterocycles. The molecule has 2 aromatic carbocycles. The molecule has 1 N–H and O–H groups in total. The molecule has 224 valence electrons. The van der Waals surface area contributed by atoms with E-state index in [1.807, 2.05) is 60.7 Å². The van der Waals surface area contributed by atoms with Gasteiger partial charge in [0.05, 0.1) is 32.8 Å². The van der Waals surface area contributed by atoms with Crippen LogP contribution in [-0.4, -0.2) is 72.9 Å². The number of hydrogen-bond donors (Lipinski definition) is 1. The lowest BCUT2D eigenvalue weighted by Gasteiger charge is -2.49. The summed E-state index contributed by atoms with van der Waals surface area (Å²) in [5, 5.41) is 2.73. The quantitative estimate of drug-likeness (QED) is 0.275. The molecule has 2 saturated heterocycles. The van der Waals surface area contributed by atoms with Gasteiger partial charge in [0.1, 0.15) is 31.0 Å². The van der Waals surface area contributed by atoms with Gasteiger partial charge in [-0.05, 0) is 12.5 Å². The van der Waals surface area contributed by atoms with E-state index in [0.29, 0.717) is 0 Å². The fourth-order valence-electron chi connectivity index (χ4n) is 4.43. The largest absolute Gasteiger partial charge is 0.466 e. The number of hydrogen-bond acceptors (Lipinski definition) is 9. The number of amides is 1. The van der Waals surface area contributed by atoms with Crippen molar-refractivity contribution >= 4 is 46.9 Å². The number of alkyl halides is 3. The summed E-state index contributed by atoms with van der Waals surface area (Å²) in [5.41, 5.74) is 1.68. The van der Waals surface area contributed by atoms with E-state index in [4.69, 9.17) is 68.0 Å². The van der Waals surface area contributed by atoms with Crippen LogP contribution in [-0.2, 0) is 44.6 Å². The van der Waals surface area contributed by atoms with Crippen LogP contribution in [0.5, 0.6) is 0 Å². The molecule has 13 heteroatoms. The highest BCUT2D eigenvalue weighted by Crippen LogP contribution is 2.36. The van der Waals surface area contributed by atoms with E-state index in [-0.39, 0.29) is 32.8 Å². The first-order valence-electron chi connectivity index (χ1n) is 13.1. The fourth-order valence-corrected chi connectivity index (χ4v) is 4.60. The molecule has 4 rings (SSSR count). The average Bonchev–Trinajstić information content (AvgIpc) is 2.96. The van der Waals surface area contributed by atoms with Crippen molar-refractivity contribution in [1.82, 2.24) is 5.32 Å². The number of esters is 1. The van der Waals surface area contributed by atoms with Crippen LogP contribution in [0.15, 0.2) is 60.7 Å². The van der Waals surface area contributed by atoms with Crippen molar-refractivity contribution in [2.75, 3.05) is 26.4 Å². The third-order valence-electron chi connectivity index (χ3n) is 6.24. The first kappa shape index (κ1) is 31.8. The van der Waals surface area contributed by atoms with Gasteiger partial charge in [0.25, 0.3) is 0 Å². The number of halogens is 3. The molecule has 0 aliphatic carbocycles. The van der Waals surface area contributed by atoms with Crippen molar-refractivity contribution in [2.24, 2.45) is 0 Å². The topological polar surface area (TPSA) is 111 Å². The summed E-state index contributed by atoms with van der Waals surface area (Å²) >= 11 is 17.3. The van der Waals surface area contributed by atoms with Crippen LogP contribution in [0.25, 0.3) is 0 Å². The monoisotopic (exact) mass is 631 g/mol. The minimum absolute atomic E-state index is 0.0127. The van der Waals surface area contributed by atoms with Gasteiger partial charge < -0.3 is 38.5 Å². The van der Waals surface area contributed by atoms with Crippen LogP contribution in [0, 0.1) is 0 Å². The second-order valence-corrected chi connectivity index (χ2v) is 11.8. The molecule has 2 aromatic rings. The van der Waals surface area contributed by atoms with Crippen LogP contribution in [0.3, 0.4) is 0 Å². The number of alkyl carbamates (subject to hydrolysis) is 1. The molecule has 2 fully saturated rings. The van der Waals surface area contributed by atoms with Gasteiger partial charge >= 0.3 is 12.1 Å². The zero-order chi connectivity index (χ0) is 29.2. The molecular weight excluding hydrogens is 601 g/mol. The van der Waals surface area contributed by atoms with E-state index in [1.54, 1.807) is 6.92 Å². The van der Waals surface area contributed by atoms with Gasteiger partial charge in [0, 0.05) is 5.56 Å². The molecule has 0 saturated carbocycles. The number of carbonyl (C=O) groups is 2. The number of benzene rings is 2. The van der Waals surface area contributed by atoms with Crippen LogP contribution >= 0.6 is 34.8 Å². The zero-order valence-electron chi connectivity index (χ0n) is 22.3. The van der Waals surface area contributed by atoms with Gasteiger partial charge in [-0.25, -0.2) is 4.79 Å². The number of nitrogens with one attached hydrogen (secondary N) is 1. The smallest absolute Gasteiger partial charge is 0.407 e. The Labute approximate surface area is 253 Å². The maximum atomic E-state index is 12.8. The number of carbonyl (C=O) groups excluding carboxylic acids is 2. The Morgan fingerprint density at radius 3 is 2.37 bits per heavy atom. The Hall–Kier alpha value is -2.15. The van der Waals surface area contributed by atoms with Crippen LogP contribution in [0.2, 0.25) is 0 Å². The van der Waals surface area contributed by atoms with Crippen molar-refractivity contribution in [3.63, 3.8) is 0 Å². The standard InChI is InChI=1S/C28H32Cl3NO9/c1-2-35-21(33)13-14-36-24-22(32-27(34)39-17-28(29,30)31)26(37-15-18-9-5-3-6-10-18)40-20-16-38-25(41-23(20)24)19-11-7-4-8-12-19/h3-12,20,22-26H,2,13-17H2,1H3,(H,32,34)/t20-,22-,23-,24-,25-,26+/m1/s1. The van der Waals surface area contributed by atoms with Gasteiger partial charge in [-0.2, -0.15) is 0 Å². The molecule has 0 bridgehead atoms. The summed E-state index contributed by atoms with van der Waals surface area (Å²) in [6, 6.07) is 17.9. The summed E-state index contributed by atoms with van der Waals surface area (Å²) in [4.78, 5) is 24.9. The molecule has 0 spiro atoms. The van der Waals surface area contributed by atoms with Gasteiger partial charge in [-0.1, -0.05) is 95.5 Å². The fraction of sp³-hybridized carbons (Fsp3) is 0.500. The normalized spacial score (nSPS) is 26.0. The third-order valence-corrected chi connectivity index (χ3v) is 6.57. The molecule has 2 heterocycles.